The van der Waals surface area contributed by atoms with Gasteiger partial charge >= 0.3 is 0 Å². The Bertz CT molecular complexity index is 385. The van der Waals surface area contributed by atoms with Gasteiger partial charge in [-0.05, 0) is 65.8 Å². The Morgan fingerprint density at radius 2 is 1.33 bits per heavy atom. The highest BCUT2D eigenvalue weighted by Gasteiger charge is 2.38. The van der Waals surface area contributed by atoms with E-state index < -0.39 is 6.55 Å². The summed E-state index contributed by atoms with van der Waals surface area (Å²) in [4.78, 5) is 1.02. The zero-order valence-corrected chi connectivity index (χ0v) is 23.0. The molecule has 1 heterocycles. The number of allylic oxidation sites excluding steroid dienone is 3. The van der Waals surface area contributed by atoms with Crippen LogP contribution in [0.3, 0.4) is 0 Å². The van der Waals surface area contributed by atoms with Crippen LogP contribution in [-0.4, -0.2) is 10.9 Å². The average molecular weight is 851 g/mol. The Hall–Kier alpha value is 3.95. The maximum Gasteiger partial charge on any atom is 0.216 e. The van der Waals surface area contributed by atoms with Gasteiger partial charge in [0, 0.05) is 16.7 Å². The summed E-state index contributed by atoms with van der Waals surface area (Å²) in [7, 11) is 0. The lowest BCUT2D eigenvalue weighted by atomic mass is 10.3. The van der Waals surface area contributed by atoms with Gasteiger partial charge in [-0.1, -0.05) is 95.6 Å². The van der Waals surface area contributed by atoms with Crippen LogP contribution in [0.15, 0.2) is 22.8 Å². The summed E-state index contributed by atoms with van der Waals surface area (Å²) in [5.41, 5.74) is 0.988. The number of alkyl halides is 9. The van der Waals surface area contributed by atoms with Crippen LogP contribution >= 0.6 is 155 Å². The minimum absolute atomic E-state index is 0.480. The molecule has 1 aliphatic rings. The van der Waals surface area contributed by atoms with E-state index in [1.165, 1.54) is 11.9 Å². The monoisotopic (exact) mass is 842 g/mol. The van der Waals surface area contributed by atoms with Gasteiger partial charge in [0.25, 0.3) is 0 Å². The molecule has 1 aliphatic heterocycles. The molecule has 104 valence electrons. The summed E-state index contributed by atoms with van der Waals surface area (Å²) >= 11 is 33.2. The number of hydrogen-bond donors (Lipinski definition) is 0. The topological polar surface area (TPSA) is 3.24 Å². The first-order valence-corrected chi connectivity index (χ1v) is 11.8. The molecule has 11 heteroatoms. The third kappa shape index (κ3) is 6.22. The molecule has 0 aromatic carbocycles. The Balaban J connectivity index is 3.21. The quantitative estimate of drug-likeness (QED) is 0.138. The summed E-state index contributed by atoms with van der Waals surface area (Å²) < 4.78 is 0.452. The number of rotatable bonds is 0. The Labute approximate surface area is 185 Å². The predicted molar refractivity (Wildman–Crippen MR) is 114 cm³/mol. The van der Waals surface area contributed by atoms with E-state index in [2.05, 4.69) is 143 Å². The van der Waals surface area contributed by atoms with E-state index in [1.807, 2.05) is 16.6 Å². The fraction of sp³-hybridized carbons (Fsp3) is 0.429. The standard InChI is InChI=1S/C7H2Br9NS/c8-5(9,10)3-1-4(6(11,12)13)18-17(2-3)7(14,15)16/h1-2H. The molecule has 0 saturated carbocycles. The summed E-state index contributed by atoms with van der Waals surface area (Å²) in [5.74, 6) is 0. The summed E-state index contributed by atoms with van der Waals surface area (Å²) in [6.07, 6.45) is 4.01. The molecule has 0 N–H and O–H groups in total. The molecule has 0 radical (unpaired) electrons. The van der Waals surface area contributed by atoms with E-state index in [-0.39, 0.29) is 0 Å². The molecule has 0 aliphatic carbocycles. The van der Waals surface area contributed by atoms with E-state index in [0.29, 0.717) is 0 Å². The van der Waals surface area contributed by atoms with Crippen molar-refractivity contribution in [3.05, 3.63) is 22.8 Å². The van der Waals surface area contributed by atoms with Gasteiger partial charge in [0.15, 0.2) is 4.29 Å². The first-order chi connectivity index (χ1) is 7.82. The largest absolute Gasteiger partial charge is 0.283 e. The van der Waals surface area contributed by atoms with E-state index in [1.54, 1.807) is 0 Å². The van der Waals surface area contributed by atoms with Crippen molar-refractivity contribution >= 4 is 155 Å². The van der Waals surface area contributed by atoms with E-state index in [4.69, 9.17) is 0 Å². The van der Waals surface area contributed by atoms with Gasteiger partial charge in [-0.2, -0.15) is 0 Å². The number of hydrogen-bond acceptors (Lipinski definition) is 2. The molecule has 1 rings (SSSR count). The fourth-order valence-electron chi connectivity index (χ4n) is 0.877. The maximum absolute atomic E-state index is 3.53. The lowest BCUT2D eigenvalue weighted by molar-refractivity contribution is 0.690. The Morgan fingerprint density at radius 1 is 0.833 bits per heavy atom. The smallest absolute Gasteiger partial charge is 0.216 e. The van der Waals surface area contributed by atoms with Crippen molar-refractivity contribution < 1.29 is 0 Å². The van der Waals surface area contributed by atoms with Gasteiger partial charge in [0.1, 0.15) is 0 Å². The van der Waals surface area contributed by atoms with Crippen molar-refractivity contribution in [1.82, 2.24) is 4.31 Å². The first-order valence-electron chi connectivity index (χ1n) is 3.94. The van der Waals surface area contributed by atoms with Crippen molar-refractivity contribution in [1.29, 1.82) is 0 Å². The van der Waals surface area contributed by atoms with Crippen LogP contribution in [0.4, 0.5) is 0 Å². The second-order valence-electron chi connectivity index (χ2n) is 2.97. The first kappa shape index (κ1) is 20.0. The normalized spacial score (nSPS) is 18.6. The minimum atomic E-state index is -0.543. The second kappa shape index (κ2) is 7.23. The van der Waals surface area contributed by atoms with Gasteiger partial charge in [-0.15, -0.1) is 0 Å². The third-order valence-corrected chi connectivity index (χ3v) is 8.09. The predicted octanol–water partition coefficient (Wildman–Crippen LogP) is 8.19. The highest BCUT2D eigenvalue weighted by molar-refractivity contribution is 9.40. The molecule has 0 amide bonds. The molecule has 0 aromatic heterocycles. The van der Waals surface area contributed by atoms with Crippen LogP contribution in [0.1, 0.15) is 0 Å². The molecule has 0 atom stereocenters. The molecule has 0 fully saturated rings. The van der Waals surface area contributed by atoms with Crippen LogP contribution in [0.5, 0.6) is 0 Å². The Morgan fingerprint density at radius 3 is 1.67 bits per heavy atom. The van der Waals surface area contributed by atoms with Gasteiger partial charge in [0.2, 0.25) is 2.27 Å². The zero-order valence-electron chi connectivity index (χ0n) is 7.91. The highest BCUT2D eigenvalue weighted by Crippen LogP contribution is 2.56. The van der Waals surface area contributed by atoms with Crippen molar-refractivity contribution in [2.75, 3.05) is 0 Å². The van der Waals surface area contributed by atoms with E-state index in [0.717, 1.165) is 10.5 Å². The lowest BCUT2D eigenvalue weighted by Gasteiger charge is -2.35. The van der Waals surface area contributed by atoms with Crippen molar-refractivity contribution in [3.63, 3.8) is 0 Å². The highest BCUT2D eigenvalue weighted by atomic mass is 80.0. The van der Waals surface area contributed by atoms with Gasteiger partial charge in [0.05, 0.1) is 0 Å². The molecular formula is C7H2Br9NS. The summed E-state index contributed by atoms with van der Waals surface area (Å²) in [6.45, 7) is 0. The summed E-state index contributed by atoms with van der Waals surface area (Å²) in [6, 6.07) is 0. The van der Waals surface area contributed by atoms with Crippen LogP contribution in [-0.2, 0) is 0 Å². The average Bonchev–Trinajstić information content (AvgIpc) is 2.13. The molecule has 0 bridgehead atoms. The maximum atomic E-state index is 3.53. The van der Waals surface area contributed by atoms with Crippen LogP contribution in [0.2, 0.25) is 0 Å². The SMILES string of the molecule is BrC(Br)(Br)C1=CN(C(Br)(Br)Br)SC(C(Br)(Br)Br)=C1. The second-order valence-corrected chi connectivity index (χ2v) is 24.1. The molecule has 0 unspecified atom stereocenters. The minimum Gasteiger partial charge on any atom is -0.283 e. The molecule has 18 heavy (non-hydrogen) atoms. The zero-order chi connectivity index (χ0) is 14.4. The Kier molecular flexibility index (Phi) is 8.04. The molecule has 0 aromatic rings. The van der Waals surface area contributed by atoms with Gasteiger partial charge in [-0.25, -0.2) is 0 Å². The third-order valence-electron chi connectivity index (χ3n) is 1.60. The van der Waals surface area contributed by atoms with Gasteiger partial charge in [-0.3, -0.25) is 4.31 Å². The molecule has 0 saturated heterocycles. The fourth-order valence-corrected chi connectivity index (χ4v) is 4.25. The van der Waals surface area contributed by atoms with Crippen LogP contribution in [0.25, 0.3) is 0 Å². The number of nitrogens with zero attached hydrogens (tertiary/aromatic N) is 1. The van der Waals surface area contributed by atoms with E-state index in [9.17, 15) is 0 Å². The van der Waals surface area contributed by atoms with E-state index >= 15 is 0 Å². The molecule has 1 nitrogen and oxygen atoms in total. The van der Waals surface area contributed by atoms with Crippen molar-refractivity contribution in [2.24, 2.45) is 0 Å². The van der Waals surface area contributed by atoms with Crippen molar-refractivity contribution in [3.8, 4) is 0 Å². The van der Waals surface area contributed by atoms with Crippen molar-refractivity contribution in [2.45, 2.75) is 6.55 Å². The molecule has 0 spiro atoms. The molecular weight excluding hydrogens is 849 g/mol. The lowest BCUT2D eigenvalue weighted by Crippen LogP contribution is -2.28. The number of halogens is 9. The van der Waals surface area contributed by atoms with Crippen LogP contribution < -0.4 is 0 Å². The van der Waals surface area contributed by atoms with Crippen LogP contribution in [0, 0.1) is 0 Å². The van der Waals surface area contributed by atoms with Gasteiger partial charge < -0.3 is 0 Å². The summed E-state index contributed by atoms with van der Waals surface area (Å²) in [5, 5.41) is 0.